The highest BCUT2D eigenvalue weighted by Crippen LogP contribution is 2.19. The number of thioether (sulfide) groups is 1. The van der Waals surface area contributed by atoms with Crippen molar-refractivity contribution in [1.82, 2.24) is 0 Å². The van der Waals surface area contributed by atoms with Gasteiger partial charge in [-0.3, -0.25) is 4.79 Å². The van der Waals surface area contributed by atoms with Gasteiger partial charge in [-0.2, -0.15) is 0 Å². The quantitative estimate of drug-likeness (QED) is 0.287. The topological polar surface area (TPSA) is 17.1 Å². The standard InChI is InChI=1S/C17H30OS/c1-6-7-8-9-10-11-12-19-17(18)16(5)15(4)13-14(2)3/h13-14H,5-12H2,1-4H3/b15-13-. The summed E-state index contributed by atoms with van der Waals surface area (Å²) in [6.45, 7) is 12.3. The molecule has 2 heteroatoms. The molecule has 0 saturated carbocycles. The number of hydrogen-bond donors (Lipinski definition) is 0. The van der Waals surface area contributed by atoms with Crippen LogP contribution in [0.3, 0.4) is 0 Å². The van der Waals surface area contributed by atoms with Crippen LogP contribution in [0.5, 0.6) is 0 Å². The third-order valence-corrected chi connectivity index (χ3v) is 4.04. The van der Waals surface area contributed by atoms with E-state index in [-0.39, 0.29) is 5.12 Å². The second-order valence-electron chi connectivity index (χ2n) is 5.48. The van der Waals surface area contributed by atoms with Crippen LogP contribution in [0.25, 0.3) is 0 Å². The average Bonchev–Trinajstić information content (AvgIpc) is 2.35. The summed E-state index contributed by atoms with van der Waals surface area (Å²) in [6, 6.07) is 0. The number of carbonyl (C=O) groups is 1. The van der Waals surface area contributed by atoms with Gasteiger partial charge in [-0.05, 0) is 24.8 Å². The van der Waals surface area contributed by atoms with Crippen LogP contribution in [0.1, 0.15) is 66.2 Å². The maximum atomic E-state index is 11.9. The SMILES string of the molecule is C=C(C(=O)SCCCCCCCC)/C(C)=C\C(C)C. The second-order valence-corrected chi connectivity index (χ2v) is 6.54. The fourth-order valence-corrected chi connectivity index (χ4v) is 2.77. The van der Waals surface area contributed by atoms with Gasteiger partial charge >= 0.3 is 0 Å². The van der Waals surface area contributed by atoms with Gasteiger partial charge in [0.2, 0.25) is 5.12 Å². The Bertz CT molecular complexity index is 302. The Morgan fingerprint density at radius 3 is 2.32 bits per heavy atom. The van der Waals surface area contributed by atoms with Gasteiger partial charge in [0, 0.05) is 11.3 Å². The number of rotatable bonds is 10. The number of unbranched alkanes of at least 4 members (excludes halogenated alkanes) is 5. The van der Waals surface area contributed by atoms with Crippen LogP contribution in [-0.4, -0.2) is 10.9 Å². The lowest BCUT2D eigenvalue weighted by Crippen LogP contribution is -2.00. The molecule has 110 valence electrons. The molecular formula is C17H30OS. The minimum absolute atomic E-state index is 0.142. The Morgan fingerprint density at radius 1 is 1.16 bits per heavy atom. The van der Waals surface area contributed by atoms with Crippen LogP contribution in [0, 0.1) is 5.92 Å². The molecule has 0 atom stereocenters. The van der Waals surface area contributed by atoms with E-state index in [0.717, 1.165) is 17.7 Å². The lowest BCUT2D eigenvalue weighted by molar-refractivity contribution is -0.107. The highest BCUT2D eigenvalue weighted by Gasteiger charge is 2.09. The van der Waals surface area contributed by atoms with Crippen molar-refractivity contribution >= 4 is 16.9 Å². The van der Waals surface area contributed by atoms with E-state index in [1.165, 1.54) is 43.9 Å². The van der Waals surface area contributed by atoms with E-state index in [0.29, 0.717) is 11.5 Å². The van der Waals surface area contributed by atoms with E-state index in [9.17, 15) is 4.79 Å². The van der Waals surface area contributed by atoms with Gasteiger partial charge in [-0.15, -0.1) is 0 Å². The molecule has 19 heavy (non-hydrogen) atoms. The van der Waals surface area contributed by atoms with E-state index in [1.54, 1.807) is 0 Å². The molecule has 0 rings (SSSR count). The van der Waals surface area contributed by atoms with Gasteiger partial charge in [-0.1, -0.05) is 77.3 Å². The van der Waals surface area contributed by atoms with E-state index < -0.39 is 0 Å². The Labute approximate surface area is 123 Å². The molecule has 0 saturated heterocycles. The molecule has 0 aliphatic rings. The van der Waals surface area contributed by atoms with Gasteiger partial charge in [0.15, 0.2) is 0 Å². The van der Waals surface area contributed by atoms with Crippen molar-refractivity contribution in [3.63, 3.8) is 0 Å². The average molecular weight is 282 g/mol. The molecule has 0 heterocycles. The number of carbonyl (C=O) groups excluding carboxylic acids is 1. The van der Waals surface area contributed by atoms with Crippen LogP contribution in [0.4, 0.5) is 0 Å². The first-order chi connectivity index (χ1) is 8.99. The molecule has 0 aromatic heterocycles. The van der Waals surface area contributed by atoms with Crippen molar-refractivity contribution in [3.8, 4) is 0 Å². The van der Waals surface area contributed by atoms with Crippen molar-refractivity contribution in [2.75, 3.05) is 5.75 Å². The zero-order chi connectivity index (χ0) is 14.7. The molecule has 0 unspecified atom stereocenters. The number of allylic oxidation sites excluding steroid dienone is 2. The normalized spacial score (nSPS) is 11.9. The van der Waals surface area contributed by atoms with Crippen molar-refractivity contribution < 1.29 is 4.79 Å². The molecule has 0 amide bonds. The van der Waals surface area contributed by atoms with Crippen LogP contribution in [-0.2, 0) is 4.79 Å². The van der Waals surface area contributed by atoms with Gasteiger partial charge in [-0.25, -0.2) is 0 Å². The summed E-state index contributed by atoms with van der Waals surface area (Å²) in [5.74, 6) is 1.40. The summed E-state index contributed by atoms with van der Waals surface area (Å²) in [7, 11) is 0. The van der Waals surface area contributed by atoms with Crippen molar-refractivity contribution in [2.45, 2.75) is 66.2 Å². The summed E-state index contributed by atoms with van der Waals surface area (Å²) in [6.07, 6.45) is 9.74. The van der Waals surface area contributed by atoms with Gasteiger partial charge in [0.25, 0.3) is 0 Å². The zero-order valence-corrected chi connectivity index (χ0v) is 13.9. The predicted molar refractivity (Wildman–Crippen MR) is 88.6 cm³/mol. The van der Waals surface area contributed by atoms with Gasteiger partial charge in [0.1, 0.15) is 0 Å². The van der Waals surface area contributed by atoms with Gasteiger partial charge in [0.05, 0.1) is 0 Å². The fraction of sp³-hybridized carbons (Fsp3) is 0.706. The lowest BCUT2D eigenvalue weighted by atomic mass is 10.1. The molecule has 0 aliphatic heterocycles. The summed E-state index contributed by atoms with van der Waals surface area (Å²) in [5.41, 5.74) is 1.69. The summed E-state index contributed by atoms with van der Waals surface area (Å²) in [5, 5.41) is 0.142. The molecule has 0 aromatic rings. The van der Waals surface area contributed by atoms with Crippen LogP contribution < -0.4 is 0 Å². The molecule has 0 bridgehead atoms. The lowest BCUT2D eigenvalue weighted by Gasteiger charge is -2.06. The Hall–Kier alpha value is -0.500. The molecule has 1 nitrogen and oxygen atoms in total. The van der Waals surface area contributed by atoms with E-state index >= 15 is 0 Å². The highest BCUT2D eigenvalue weighted by molar-refractivity contribution is 8.14. The van der Waals surface area contributed by atoms with Crippen LogP contribution in [0.2, 0.25) is 0 Å². The predicted octanol–water partition coefficient (Wildman–Crippen LogP) is 5.77. The fourth-order valence-electron chi connectivity index (χ4n) is 1.90. The van der Waals surface area contributed by atoms with Crippen LogP contribution >= 0.6 is 11.8 Å². The van der Waals surface area contributed by atoms with Crippen molar-refractivity contribution in [1.29, 1.82) is 0 Å². The molecule has 0 radical (unpaired) electrons. The Balaban J connectivity index is 3.77. The summed E-state index contributed by atoms with van der Waals surface area (Å²) < 4.78 is 0. The second kappa shape index (κ2) is 11.3. The largest absolute Gasteiger partial charge is 0.282 e. The van der Waals surface area contributed by atoms with E-state index in [1.807, 2.05) is 6.92 Å². The van der Waals surface area contributed by atoms with Crippen LogP contribution in [0.15, 0.2) is 23.8 Å². The van der Waals surface area contributed by atoms with E-state index in [4.69, 9.17) is 0 Å². The van der Waals surface area contributed by atoms with Crippen molar-refractivity contribution in [3.05, 3.63) is 23.8 Å². The summed E-state index contributed by atoms with van der Waals surface area (Å²) >= 11 is 1.42. The van der Waals surface area contributed by atoms with Gasteiger partial charge < -0.3 is 0 Å². The summed E-state index contributed by atoms with van der Waals surface area (Å²) in [4.78, 5) is 11.9. The molecule has 0 aliphatic carbocycles. The maximum absolute atomic E-state index is 11.9. The first-order valence-electron chi connectivity index (χ1n) is 7.53. The first-order valence-corrected chi connectivity index (χ1v) is 8.52. The first kappa shape index (κ1) is 18.5. The molecule has 0 fully saturated rings. The monoisotopic (exact) mass is 282 g/mol. The third kappa shape index (κ3) is 10.0. The maximum Gasteiger partial charge on any atom is 0.219 e. The minimum Gasteiger partial charge on any atom is -0.282 e. The highest BCUT2D eigenvalue weighted by atomic mass is 32.2. The Morgan fingerprint density at radius 2 is 1.74 bits per heavy atom. The van der Waals surface area contributed by atoms with Crippen molar-refractivity contribution in [2.24, 2.45) is 5.92 Å². The minimum atomic E-state index is 0.142. The molecular weight excluding hydrogens is 252 g/mol. The molecule has 0 N–H and O–H groups in total. The van der Waals surface area contributed by atoms with E-state index in [2.05, 4.69) is 33.4 Å². The smallest absolute Gasteiger partial charge is 0.219 e. The Kier molecular flexibility index (Phi) is 11.0. The third-order valence-electron chi connectivity index (χ3n) is 3.04. The molecule has 0 aromatic carbocycles. The number of hydrogen-bond acceptors (Lipinski definition) is 2. The molecule has 0 spiro atoms. The zero-order valence-electron chi connectivity index (χ0n) is 13.1.